The Bertz CT molecular complexity index is 673. The molecule has 2 aromatic rings. The highest BCUT2D eigenvalue weighted by Crippen LogP contribution is 2.19. The Hall–Kier alpha value is -2.71. The van der Waals surface area contributed by atoms with Crippen LogP contribution in [0.3, 0.4) is 0 Å². The van der Waals surface area contributed by atoms with Crippen molar-refractivity contribution in [3.8, 4) is 0 Å². The first-order valence-corrected chi connectivity index (χ1v) is 7.04. The van der Waals surface area contributed by atoms with Crippen molar-refractivity contribution in [2.75, 3.05) is 5.32 Å². The molecule has 0 unspecified atom stereocenters. The molecule has 0 saturated carbocycles. The molecule has 0 fully saturated rings. The molecule has 0 aliphatic heterocycles. The molecule has 112 valence electrons. The molecule has 5 heteroatoms. The van der Waals surface area contributed by atoms with Crippen molar-refractivity contribution in [1.82, 2.24) is 0 Å². The van der Waals surface area contributed by atoms with Gasteiger partial charge in [0.2, 0.25) is 5.39 Å². The number of hydrogen-bond donors (Lipinski definition) is 2. The molecule has 2 rings (SSSR count). The Balaban J connectivity index is 1.94. The molecule has 0 spiro atoms. The van der Waals surface area contributed by atoms with Gasteiger partial charge in [-0.1, -0.05) is 30.3 Å². The van der Waals surface area contributed by atoms with Gasteiger partial charge in [-0.05, 0) is 37.5 Å². The number of amides is 1. The first-order valence-electron chi connectivity index (χ1n) is 7.04. The summed E-state index contributed by atoms with van der Waals surface area (Å²) < 4.78 is 0. The topological polar surface area (TPSA) is 77.5 Å². The van der Waals surface area contributed by atoms with Gasteiger partial charge in [0.25, 0.3) is 5.91 Å². The van der Waals surface area contributed by atoms with Crippen molar-refractivity contribution in [3.05, 3.63) is 65.1 Å². The Kier molecular flexibility index (Phi) is 4.87. The molecular formula is C17H18N3O2+. The van der Waals surface area contributed by atoms with Crippen LogP contribution in [0, 0.1) is 5.39 Å². The molecule has 5 nitrogen and oxygen atoms in total. The molecule has 0 bridgehead atoms. The van der Waals surface area contributed by atoms with Crippen LogP contribution in [0.5, 0.6) is 0 Å². The van der Waals surface area contributed by atoms with E-state index >= 15 is 0 Å². The Morgan fingerprint density at radius 2 is 1.82 bits per heavy atom. The molecule has 0 aromatic heterocycles. The summed E-state index contributed by atoms with van der Waals surface area (Å²) in [6, 6.07) is 16.0. The van der Waals surface area contributed by atoms with E-state index in [1.165, 1.54) is 6.92 Å². The van der Waals surface area contributed by atoms with Crippen LogP contribution in [0.25, 0.3) is 4.98 Å². The van der Waals surface area contributed by atoms with Crippen LogP contribution in [0.4, 0.5) is 11.4 Å². The highest BCUT2D eigenvalue weighted by atomic mass is 16.3. The fraction of sp³-hybridized carbons (Fsp3) is 0.235. The lowest BCUT2D eigenvalue weighted by Gasteiger charge is -2.22. The third-order valence-corrected chi connectivity index (χ3v) is 3.47. The lowest BCUT2D eigenvalue weighted by Crippen LogP contribution is -2.40. The van der Waals surface area contributed by atoms with Crippen LogP contribution in [0.2, 0.25) is 0 Å². The van der Waals surface area contributed by atoms with E-state index in [2.05, 4.69) is 10.3 Å². The number of rotatable bonds is 5. The number of nitrogens with zero attached hydrogens (tertiary/aromatic N) is 2. The van der Waals surface area contributed by atoms with E-state index < -0.39 is 11.5 Å². The number of aliphatic hydroxyl groups is 1. The van der Waals surface area contributed by atoms with Crippen LogP contribution in [0.1, 0.15) is 18.9 Å². The van der Waals surface area contributed by atoms with Gasteiger partial charge in [-0.15, -0.1) is 0 Å². The van der Waals surface area contributed by atoms with Crippen molar-refractivity contribution < 1.29 is 9.90 Å². The summed E-state index contributed by atoms with van der Waals surface area (Å²) in [6.07, 6.45) is 0.836. The third kappa shape index (κ3) is 4.14. The third-order valence-electron chi connectivity index (χ3n) is 3.47. The van der Waals surface area contributed by atoms with E-state index in [0.717, 1.165) is 5.56 Å². The van der Waals surface area contributed by atoms with Gasteiger partial charge < -0.3 is 10.4 Å². The summed E-state index contributed by atoms with van der Waals surface area (Å²) in [5, 5.41) is 21.7. The van der Waals surface area contributed by atoms with E-state index in [1.807, 2.05) is 18.2 Å². The average Bonchev–Trinajstić information content (AvgIpc) is 2.54. The number of hydrogen-bond acceptors (Lipinski definition) is 3. The summed E-state index contributed by atoms with van der Waals surface area (Å²) in [5.41, 5.74) is 0.620. The number of aryl methyl sites for hydroxylation is 1. The second-order valence-corrected chi connectivity index (χ2v) is 5.36. The maximum atomic E-state index is 12.1. The molecule has 22 heavy (non-hydrogen) atoms. The first kappa shape index (κ1) is 15.7. The van der Waals surface area contributed by atoms with Crippen molar-refractivity contribution in [1.29, 1.82) is 5.39 Å². The summed E-state index contributed by atoms with van der Waals surface area (Å²) >= 11 is 0. The predicted molar refractivity (Wildman–Crippen MR) is 85.2 cm³/mol. The summed E-state index contributed by atoms with van der Waals surface area (Å²) in [5.74, 6) is -0.430. The molecule has 0 saturated heterocycles. The minimum absolute atomic E-state index is 0.293. The molecule has 2 aromatic carbocycles. The number of carbonyl (C=O) groups excluding carboxylic acids is 1. The van der Waals surface area contributed by atoms with Crippen LogP contribution < -0.4 is 5.32 Å². The van der Waals surface area contributed by atoms with Gasteiger partial charge in [0.1, 0.15) is 5.60 Å². The van der Waals surface area contributed by atoms with Crippen molar-refractivity contribution in [2.45, 2.75) is 25.4 Å². The highest BCUT2D eigenvalue weighted by Gasteiger charge is 2.29. The largest absolute Gasteiger partial charge is 0.385 e. The second-order valence-electron chi connectivity index (χ2n) is 5.36. The zero-order chi connectivity index (χ0) is 16.0. The van der Waals surface area contributed by atoms with Gasteiger partial charge in [0.15, 0.2) is 4.98 Å². The standard InChI is InChI=1S/C17H17N3O2/c1-17(22,16(21)19-14-5-3-2-4-6-14)12-11-13-7-9-15(20-18)10-8-13/h2-10,22H,11-12H2,1H3/p+1/t17-/m0/s1. The van der Waals surface area contributed by atoms with Crippen molar-refractivity contribution in [3.63, 3.8) is 0 Å². The number of carbonyl (C=O) groups is 1. The van der Waals surface area contributed by atoms with Gasteiger partial charge in [-0.2, -0.15) is 0 Å². The highest BCUT2D eigenvalue weighted by molar-refractivity contribution is 5.96. The van der Waals surface area contributed by atoms with E-state index in [9.17, 15) is 9.90 Å². The van der Waals surface area contributed by atoms with Gasteiger partial charge in [-0.3, -0.25) is 4.79 Å². The van der Waals surface area contributed by atoms with E-state index in [1.54, 1.807) is 36.4 Å². The number of anilines is 1. The lowest BCUT2D eigenvalue weighted by molar-refractivity contribution is -0.132. The maximum absolute atomic E-state index is 12.1. The van der Waals surface area contributed by atoms with Crippen molar-refractivity contribution in [2.24, 2.45) is 0 Å². The fourth-order valence-electron chi connectivity index (χ4n) is 2.02. The molecule has 0 aliphatic rings. The fourth-order valence-corrected chi connectivity index (χ4v) is 2.02. The van der Waals surface area contributed by atoms with E-state index in [0.29, 0.717) is 24.2 Å². The second kappa shape index (κ2) is 6.83. The van der Waals surface area contributed by atoms with Crippen LogP contribution in [0.15, 0.2) is 54.6 Å². The molecule has 0 radical (unpaired) electrons. The van der Waals surface area contributed by atoms with Crippen LogP contribution in [-0.4, -0.2) is 16.6 Å². The maximum Gasteiger partial charge on any atom is 0.385 e. The SMILES string of the molecule is C[C@](O)(CCc1ccc([N+]#N)cc1)C(=O)Nc1ccccc1. The number of benzene rings is 2. The zero-order valence-corrected chi connectivity index (χ0v) is 12.4. The normalized spacial score (nSPS) is 13.0. The smallest absolute Gasteiger partial charge is 0.380 e. The molecule has 1 amide bonds. The van der Waals surface area contributed by atoms with Gasteiger partial charge in [0.05, 0.1) is 0 Å². The van der Waals surface area contributed by atoms with Gasteiger partial charge in [-0.25, -0.2) is 0 Å². The van der Waals surface area contributed by atoms with E-state index in [4.69, 9.17) is 5.39 Å². The first-order chi connectivity index (χ1) is 10.5. The van der Waals surface area contributed by atoms with Gasteiger partial charge >= 0.3 is 5.69 Å². The summed E-state index contributed by atoms with van der Waals surface area (Å²) in [4.78, 5) is 15.2. The number of nitrogens with one attached hydrogen (secondary N) is 1. The molecular weight excluding hydrogens is 278 g/mol. The van der Waals surface area contributed by atoms with Gasteiger partial charge in [0, 0.05) is 17.8 Å². The van der Waals surface area contributed by atoms with E-state index in [-0.39, 0.29) is 0 Å². The minimum Gasteiger partial charge on any atom is -0.380 e. The average molecular weight is 296 g/mol. The predicted octanol–water partition coefficient (Wildman–Crippen LogP) is 3.49. The minimum atomic E-state index is -1.46. The molecule has 0 heterocycles. The molecule has 0 aliphatic carbocycles. The molecule has 1 atom stereocenters. The Morgan fingerprint density at radius 1 is 1.18 bits per heavy atom. The van der Waals surface area contributed by atoms with Crippen LogP contribution in [-0.2, 0) is 11.2 Å². The monoisotopic (exact) mass is 296 g/mol. The van der Waals surface area contributed by atoms with Crippen molar-refractivity contribution >= 4 is 17.3 Å². The quantitative estimate of drug-likeness (QED) is 0.829. The zero-order valence-electron chi connectivity index (χ0n) is 12.4. The summed E-state index contributed by atoms with van der Waals surface area (Å²) in [7, 11) is 0. The lowest BCUT2D eigenvalue weighted by atomic mass is 9.95. The number of para-hydroxylation sites is 1. The number of diazo groups is 1. The van der Waals surface area contributed by atoms with Crippen LogP contribution >= 0.6 is 0 Å². The summed E-state index contributed by atoms with van der Waals surface area (Å²) in [6.45, 7) is 1.50. The Morgan fingerprint density at radius 3 is 2.41 bits per heavy atom. The molecule has 2 N–H and O–H groups in total. The Labute approximate surface area is 129 Å².